The average Bonchev–Trinajstić information content (AvgIpc) is 3.08. The van der Waals surface area contributed by atoms with E-state index in [1.165, 1.54) is 16.4 Å². The van der Waals surface area contributed by atoms with Gasteiger partial charge in [-0.3, -0.25) is 4.79 Å². The molecule has 0 amide bonds. The Morgan fingerprint density at radius 1 is 1.03 bits per heavy atom. The molecule has 1 aromatic heterocycles. The molecule has 0 saturated carbocycles. The molecule has 31 heavy (non-hydrogen) atoms. The van der Waals surface area contributed by atoms with Crippen LogP contribution in [0, 0.1) is 13.8 Å². The Kier molecular flexibility index (Phi) is 6.62. The molecule has 0 aliphatic carbocycles. The largest absolute Gasteiger partial charge is 0.454 e. The summed E-state index contributed by atoms with van der Waals surface area (Å²) in [5.41, 5.74) is 2.63. The van der Waals surface area contributed by atoms with E-state index in [0.29, 0.717) is 29.9 Å². The first-order valence-electron chi connectivity index (χ1n) is 10.1. The van der Waals surface area contributed by atoms with Gasteiger partial charge >= 0.3 is 5.97 Å². The Labute approximate surface area is 182 Å². The summed E-state index contributed by atoms with van der Waals surface area (Å²) in [6, 6.07) is 11.8. The first kappa shape index (κ1) is 22.7. The Bertz CT molecular complexity index is 1240. The van der Waals surface area contributed by atoms with Gasteiger partial charge in [-0.25, -0.2) is 13.2 Å². The molecular formula is C23H26N2O5S. The number of nitrogens with zero attached hydrogens (tertiary/aromatic N) is 1. The number of nitrogens with one attached hydrogen (secondary N) is 1. The van der Waals surface area contributed by atoms with Gasteiger partial charge in [0, 0.05) is 35.2 Å². The van der Waals surface area contributed by atoms with Crippen molar-refractivity contribution in [3.63, 3.8) is 0 Å². The monoisotopic (exact) mass is 442 g/mol. The van der Waals surface area contributed by atoms with Crippen LogP contribution in [0.5, 0.6) is 0 Å². The zero-order valence-electron chi connectivity index (χ0n) is 18.1. The summed E-state index contributed by atoms with van der Waals surface area (Å²) in [7, 11) is -3.73. The van der Waals surface area contributed by atoms with E-state index in [9.17, 15) is 18.0 Å². The topological polar surface area (TPSA) is 96.5 Å². The van der Waals surface area contributed by atoms with Gasteiger partial charge in [0.2, 0.25) is 15.8 Å². The lowest BCUT2D eigenvalue weighted by Crippen LogP contribution is -2.31. The maximum absolute atomic E-state index is 12.9. The fourth-order valence-corrected chi connectivity index (χ4v) is 5.34. The average molecular weight is 443 g/mol. The van der Waals surface area contributed by atoms with Crippen LogP contribution in [0.3, 0.4) is 0 Å². The van der Waals surface area contributed by atoms with Crippen molar-refractivity contribution >= 4 is 32.7 Å². The Morgan fingerprint density at radius 3 is 2.39 bits per heavy atom. The number of sulfonamides is 1. The third kappa shape index (κ3) is 4.40. The van der Waals surface area contributed by atoms with Gasteiger partial charge in [0.25, 0.3) is 0 Å². The predicted molar refractivity (Wildman–Crippen MR) is 119 cm³/mol. The Hall–Kier alpha value is -2.97. The van der Waals surface area contributed by atoms with E-state index < -0.39 is 22.6 Å². The van der Waals surface area contributed by atoms with Gasteiger partial charge in [-0.2, -0.15) is 4.31 Å². The number of ketones is 1. The number of hydrogen-bond acceptors (Lipinski definition) is 5. The number of ether oxygens (including phenoxy) is 1. The van der Waals surface area contributed by atoms with E-state index in [-0.39, 0.29) is 16.2 Å². The van der Waals surface area contributed by atoms with Crippen molar-refractivity contribution in [1.29, 1.82) is 0 Å². The zero-order valence-corrected chi connectivity index (χ0v) is 18.9. The number of fused-ring (bicyclic) bond motifs is 1. The number of H-pyrrole nitrogens is 1. The normalized spacial score (nSPS) is 11.8. The zero-order chi connectivity index (χ0) is 22.8. The maximum Gasteiger partial charge on any atom is 0.338 e. The third-order valence-electron chi connectivity index (χ3n) is 5.25. The van der Waals surface area contributed by atoms with Crippen LogP contribution in [0.15, 0.2) is 47.4 Å². The van der Waals surface area contributed by atoms with Crippen LogP contribution in [0.4, 0.5) is 0 Å². The Morgan fingerprint density at radius 2 is 1.71 bits per heavy atom. The number of aryl methyl sites for hydroxylation is 2. The fraction of sp³-hybridized carbons (Fsp3) is 0.304. The second-order valence-corrected chi connectivity index (χ2v) is 9.15. The second-order valence-electron chi connectivity index (χ2n) is 7.24. The van der Waals surface area contributed by atoms with Gasteiger partial charge in [-0.15, -0.1) is 0 Å². The second kappa shape index (κ2) is 9.03. The number of rotatable bonds is 8. The summed E-state index contributed by atoms with van der Waals surface area (Å²) in [5, 5.41) is 0.768. The third-order valence-corrected chi connectivity index (χ3v) is 7.45. The van der Waals surface area contributed by atoms with Crippen LogP contribution < -0.4 is 0 Å². The van der Waals surface area contributed by atoms with Gasteiger partial charge in [0.1, 0.15) is 0 Å². The van der Waals surface area contributed by atoms with Gasteiger partial charge in [0.15, 0.2) is 6.61 Å². The van der Waals surface area contributed by atoms with Crippen molar-refractivity contribution in [3.05, 3.63) is 64.8 Å². The van der Waals surface area contributed by atoms with E-state index >= 15 is 0 Å². The van der Waals surface area contributed by atoms with Crippen LogP contribution in [0.1, 0.15) is 45.8 Å². The van der Waals surface area contributed by atoms with Crippen molar-refractivity contribution in [3.8, 4) is 0 Å². The number of aromatic nitrogens is 1. The highest BCUT2D eigenvalue weighted by molar-refractivity contribution is 7.89. The SMILES string of the molecule is CCN(CC)S(=O)(=O)c1cc(C(=O)OCC(=O)c2c(C)[nH]c3ccccc23)ccc1C. The number of Topliss-reactive ketones (excluding diaryl/α,β-unsaturated/α-hetero) is 1. The number of carbonyl (C=O) groups is 2. The smallest absolute Gasteiger partial charge is 0.338 e. The molecule has 0 aliphatic heterocycles. The molecular weight excluding hydrogens is 416 g/mol. The fourth-order valence-electron chi connectivity index (χ4n) is 3.63. The van der Waals surface area contributed by atoms with Gasteiger partial charge in [-0.1, -0.05) is 38.1 Å². The summed E-state index contributed by atoms with van der Waals surface area (Å²) in [4.78, 5) is 28.5. The predicted octanol–water partition coefficient (Wildman–Crippen LogP) is 3.85. The number of hydrogen-bond donors (Lipinski definition) is 1. The highest BCUT2D eigenvalue weighted by atomic mass is 32.2. The van der Waals surface area contributed by atoms with E-state index in [1.54, 1.807) is 33.8 Å². The number of benzene rings is 2. The molecule has 0 unspecified atom stereocenters. The van der Waals surface area contributed by atoms with E-state index in [2.05, 4.69) is 4.98 Å². The molecule has 3 rings (SSSR count). The van der Waals surface area contributed by atoms with Crippen molar-refractivity contribution < 1.29 is 22.7 Å². The summed E-state index contributed by atoms with van der Waals surface area (Å²) in [6.07, 6.45) is 0. The van der Waals surface area contributed by atoms with Crippen molar-refractivity contribution in [2.24, 2.45) is 0 Å². The van der Waals surface area contributed by atoms with E-state index in [1.807, 2.05) is 24.3 Å². The van der Waals surface area contributed by atoms with Gasteiger partial charge < -0.3 is 9.72 Å². The highest BCUT2D eigenvalue weighted by Crippen LogP contribution is 2.24. The molecule has 0 fully saturated rings. The highest BCUT2D eigenvalue weighted by Gasteiger charge is 2.25. The van der Waals surface area contributed by atoms with Crippen molar-refractivity contribution in [2.75, 3.05) is 19.7 Å². The number of carbonyl (C=O) groups excluding carboxylic acids is 2. The van der Waals surface area contributed by atoms with Crippen LogP contribution in [-0.2, 0) is 14.8 Å². The van der Waals surface area contributed by atoms with Gasteiger partial charge in [-0.05, 0) is 37.6 Å². The number of para-hydroxylation sites is 1. The van der Waals surface area contributed by atoms with E-state index in [4.69, 9.17) is 4.74 Å². The molecule has 0 spiro atoms. The lowest BCUT2D eigenvalue weighted by molar-refractivity contribution is 0.0474. The molecule has 164 valence electrons. The van der Waals surface area contributed by atoms with Crippen LogP contribution in [0.2, 0.25) is 0 Å². The minimum atomic E-state index is -3.73. The minimum Gasteiger partial charge on any atom is -0.454 e. The summed E-state index contributed by atoms with van der Waals surface area (Å²) < 4.78 is 32.3. The molecule has 1 heterocycles. The number of esters is 1. The minimum absolute atomic E-state index is 0.0597. The quantitative estimate of drug-likeness (QED) is 0.422. The van der Waals surface area contributed by atoms with Crippen molar-refractivity contribution in [1.82, 2.24) is 9.29 Å². The molecule has 0 atom stereocenters. The van der Waals surface area contributed by atoms with Gasteiger partial charge in [0.05, 0.1) is 10.5 Å². The molecule has 2 aromatic carbocycles. The Balaban J connectivity index is 1.81. The maximum atomic E-state index is 12.9. The molecule has 7 nitrogen and oxygen atoms in total. The van der Waals surface area contributed by atoms with E-state index in [0.717, 1.165) is 10.9 Å². The summed E-state index contributed by atoms with van der Waals surface area (Å²) in [6.45, 7) is 7.19. The first-order valence-corrected chi connectivity index (χ1v) is 11.5. The first-order chi connectivity index (χ1) is 14.7. The van der Waals surface area contributed by atoms with Crippen LogP contribution in [0.25, 0.3) is 10.9 Å². The molecule has 0 radical (unpaired) electrons. The molecule has 1 N–H and O–H groups in total. The van der Waals surface area contributed by atoms with Crippen molar-refractivity contribution in [2.45, 2.75) is 32.6 Å². The molecule has 0 aliphatic rings. The molecule has 8 heteroatoms. The molecule has 0 bridgehead atoms. The van der Waals surface area contributed by atoms with Crippen LogP contribution in [-0.4, -0.2) is 49.2 Å². The lowest BCUT2D eigenvalue weighted by Gasteiger charge is -2.20. The standard InChI is InChI=1S/C23H26N2O5S/c1-5-25(6-2)31(28,29)21-13-17(12-11-15(21)3)23(27)30-14-20(26)22-16(4)24-19-10-8-7-9-18(19)22/h7-13,24H,5-6,14H2,1-4H3. The van der Waals surface area contributed by atoms with Crippen LogP contribution >= 0.6 is 0 Å². The summed E-state index contributed by atoms with van der Waals surface area (Å²) in [5.74, 6) is -1.08. The number of aromatic amines is 1. The lowest BCUT2D eigenvalue weighted by atomic mass is 10.1. The summed E-state index contributed by atoms with van der Waals surface area (Å²) >= 11 is 0. The molecule has 0 saturated heterocycles. The molecule has 3 aromatic rings.